The van der Waals surface area contributed by atoms with Crippen LogP contribution < -0.4 is 16.4 Å². The predicted octanol–water partition coefficient (Wildman–Crippen LogP) is 3.29. The summed E-state index contributed by atoms with van der Waals surface area (Å²) in [6.07, 6.45) is -0.164. The molecule has 4 N–H and O–H groups in total. The smallest absolute Gasteiger partial charge is 0.407 e. The number of aromatic nitrogens is 3. The number of nitrogens with one attached hydrogen (secondary N) is 2. The number of nitrogens with two attached hydrogens (primary N) is 1. The first-order valence-corrected chi connectivity index (χ1v) is 13.2. The van der Waals surface area contributed by atoms with Crippen molar-refractivity contribution in [2.75, 3.05) is 19.8 Å². The summed E-state index contributed by atoms with van der Waals surface area (Å²) in [5, 5.41) is 14.1. The predicted molar refractivity (Wildman–Crippen MR) is 154 cm³/mol. The molecule has 0 saturated carbocycles. The lowest BCUT2D eigenvalue weighted by Gasteiger charge is -2.24. The van der Waals surface area contributed by atoms with Gasteiger partial charge in [0, 0.05) is 6.54 Å². The Morgan fingerprint density at radius 1 is 1.00 bits per heavy atom. The van der Waals surface area contributed by atoms with Crippen molar-refractivity contribution < 1.29 is 28.6 Å². The Labute approximate surface area is 240 Å². The third-order valence-corrected chi connectivity index (χ3v) is 5.79. The first-order chi connectivity index (χ1) is 19.1. The summed E-state index contributed by atoms with van der Waals surface area (Å²) in [6.45, 7) is 7.59. The number of amides is 2. The molecule has 224 valence electrons. The van der Waals surface area contributed by atoms with Gasteiger partial charge < -0.3 is 30.6 Å². The van der Waals surface area contributed by atoms with Gasteiger partial charge in [-0.2, -0.15) is 0 Å². The van der Waals surface area contributed by atoms with Gasteiger partial charge in [0.15, 0.2) is 11.5 Å². The third kappa shape index (κ3) is 10.1. The number of hydrogen-bond acceptors (Lipinski definition) is 9. The molecule has 12 nitrogen and oxygen atoms in total. The number of fused-ring (bicyclic) bond motifs is 1. The third-order valence-electron chi connectivity index (χ3n) is 5.79. The van der Waals surface area contributed by atoms with Crippen LogP contribution in [0.25, 0.3) is 5.65 Å². The lowest BCUT2D eigenvalue weighted by Crippen LogP contribution is -2.51. The zero-order valence-corrected chi connectivity index (χ0v) is 23.4. The topological polar surface area (TPSA) is 159 Å². The van der Waals surface area contributed by atoms with Crippen LogP contribution in [-0.2, 0) is 37.0 Å². The van der Waals surface area contributed by atoms with Crippen molar-refractivity contribution in [3.8, 4) is 0 Å². The summed E-state index contributed by atoms with van der Waals surface area (Å²) in [6, 6.07) is 14.3. The molecule has 0 spiro atoms. The molecule has 0 bridgehead atoms. The van der Waals surface area contributed by atoms with Crippen molar-refractivity contribution >= 4 is 23.6 Å². The number of pyridine rings is 1. The van der Waals surface area contributed by atoms with Gasteiger partial charge in [-0.1, -0.05) is 57.7 Å². The van der Waals surface area contributed by atoms with Gasteiger partial charge in [0.1, 0.15) is 12.6 Å². The highest BCUT2D eigenvalue weighted by Crippen LogP contribution is 2.18. The van der Waals surface area contributed by atoms with Crippen molar-refractivity contribution in [1.82, 2.24) is 25.2 Å². The zero-order valence-electron chi connectivity index (χ0n) is 23.4. The fraction of sp³-hybridized carbons (Fsp3) is 0.483. The number of hydrogen-bond donors (Lipinski definition) is 3. The van der Waals surface area contributed by atoms with Crippen LogP contribution in [0.3, 0.4) is 0 Å². The van der Waals surface area contributed by atoms with E-state index in [9.17, 15) is 14.4 Å². The second-order valence-corrected chi connectivity index (χ2v) is 10.2. The maximum atomic E-state index is 12.8. The summed E-state index contributed by atoms with van der Waals surface area (Å²) in [7, 11) is 0. The molecule has 0 radical (unpaired) electrons. The average Bonchev–Trinajstić information content (AvgIpc) is 3.35. The Bertz CT molecular complexity index is 1270. The number of carbonyl (C=O) groups excluding carboxylic acids is 3. The van der Waals surface area contributed by atoms with E-state index in [-0.39, 0.29) is 51.6 Å². The fourth-order valence-electron chi connectivity index (χ4n) is 3.56. The second kappa shape index (κ2) is 15.7. The standard InChI is InChI=1S/C28H38N6O6.CH4/c1-19(2)25(35)39-15-9-14-30-27(37)40-17-21-12-8-13-23-32-33-24(34(21)23)22(31-26(36)28(3,4)29)18-38-16-20-10-6-5-7-11-20;/h5-8,10-13,19,22H,9,14-18,29H2,1-4H3,(H,30,37)(H,31,36);1H4/t22-;/m1./s1. The van der Waals surface area contributed by atoms with Gasteiger partial charge in [-0.15, -0.1) is 10.2 Å². The number of nitrogens with zero attached hydrogens (tertiary/aromatic N) is 3. The molecule has 0 saturated heterocycles. The second-order valence-electron chi connectivity index (χ2n) is 10.2. The summed E-state index contributed by atoms with van der Waals surface area (Å²) >= 11 is 0. The van der Waals surface area contributed by atoms with Gasteiger partial charge in [-0.05, 0) is 38.0 Å². The van der Waals surface area contributed by atoms with Crippen LogP contribution in [0, 0.1) is 5.92 Å². The highest BCUT2D eigenvalue weighted by atomic mass is 16.5. The summed E-state index contributed by atoms with van der Waals surface area (Å²) in [5.41, 5.74) is 6.98. The molecule has 1 aromatic carbocycles. The Morgan fingerprint density at radius 3 is 2.41 bits per heavy atom. The van der Waals surface area contributed by atoms with Gasteiger partial charge in [-0.25, -0.2) is 4.79 Å². The van der Waals surface area contributed by atoms with Gasteiger partial charge in [0.25, 0.3) is 0 Å². The Hall–Kier alpha value is -4.03. The fourth-order valence-corrected chi connectivity index (χ4v) is 3.56. The molecule has 41 heavy (non-hydrogen) atoms. The quantitative estimate of drug-likeness (QED) is 0.195. The summed E-state index contributed by atoms with van der Waals surface area (Å²) in [4.78, 5) is 36.6. The van der Waals surface area contributed by atoms with Crippen molar-refractivity contribution in [3.63, 3.8) is 0 Å². The minimum atomic E-state index is -1.13. The molecule has 2 aromatic heterocycles. The van der Waals surface area contributed by atoms with Crippen molar-refractivity contribution in [3.05, 3.63) is 65.6 Å². The van der Waals surface area contributed by atoms with E-state index >= 15 is 0 Å². The number of rotatable bonds is 14. The molecule has 2 amide bonds. The lowest BCUT2D eigenvalue weighted by atomic mass is 10.1. The van der Waals surface area contributed by atoms with Crippen LogP contribution in [0.15, 0.2) is 48.5 Å². The average molecular weight is 571 g/mol. The molecule has 12 heteroatoms. The molecular formula is C29H42N6O6. The molecule has 2 heterocycles. The summed E-state index contributed by atoms with van der Waals surface area (Å²) in [5.74, 6) is -0.458. The number of esters is 1. The number of carbonyl (C=O) groups is 3. The summed E-state index contributed by atoms with van der Waals surface area (Å²) < 4.78 is 18.2. The zero-order chi connectivity index (χ0) is 29.1. The van der Waals surface area contributed by atoms with Crippen molar-refractivity contribution in [2.24, 2.45) is 11.7 Å². The maximum Gasteiger partial charge on any atom is 0.407 e. The molecular weight excluding hydrogens is 528 g/mol. The van der Waals surface area contributed by atoms with Crippen molar-refractivity contribution in [1.29, 1.82) is 0 Å². The van der Waals surface area contributed by atoms with Crippen LogP contribution in [0.5, 0.6) is 0 Å². The highest BCUT2D eigenvalue weighted by Gasteiger charge is 2.28. The first kappa shape index (κ1) is 33.2. The number of alkyl carbamates (subject to hydrolysis) is 1. The lowest BCUT2D eigenvalue weighted by molar-refractivity contribution is -0.147. The van der Waals surface area contributed by atoms with E-state index < -0.39 is 17.7 Å². The van der Waals surface area contributed by atoms with Crippen LogP contribution in [0.1, 0.15) is 64.7 Å². The van der Waals surface area contributed by atoms with Gasteiger partial charge >= 0.3 is 12.1 Å². The SMILES string of the molecule is C.CC(C)C(=O)OCCCNC(=O)OCc1cccc2nnc([C@@H](COCc3ccccc3)NC(=O)C(C)(C)N)n12. The van der Waals surface area contributed by atoms with Gasteiger partial charge in [-0.3, -0.25) is 14.0 Å². The van der Waals surface area contributed by atoms with E-state index in [2.05, 4.69) is 20.8 Å². The number of ether oxygens (including phenoxy) is 3. The highest BCUT2D eigenvalue weighted by molar-refractivity contribution is 5.85. The van der Waals surface area contributed by atoms with Crippen LogP contribution in [0.2, 0.25) is 0 Å². The molecule has 0 unspecified atom stereocenters. The first-order valence-electron chi connectivity index (χ1n) is 13.2. The van der Waals surface area contributed by atoms with E-state index in [4.69, 9.17) is 19.9 Å². The van der Waals surface area contributed by atoms with Crippen LogP contribution in [-0.4, -0.2) is 57.9 Å². The molecule has 3 aromatic rings. The van der Waals surface area contributed by atoms with Crippen LogP contribution >= 0.6 is 0 Å². The van der Waals surface area contributed by atoms with Gasteiger partial charge in [0.2, 0.25) is 5.91 Å². The molecule has 1 atom stereocenters. The largest absolute Gasteiger partial charge is 0.465 e. The monoisotopic (exact) mass is 570 g/mol. The Kier molecular flexibility index (Phi) is 12.7. The Morgan fingerprint density at radius 2 is 1.73 bits per heavy atom. The van der Waals surface area contributed by atoms with E-state index in [0.29, 0.717) is 30.2 Å². The normalized spacial score (nSPS) is 12.0. The van der Waals surface area contributed by atoms with E-state index in [1.807, 2.05) is 30.3 Å². The van der Waals surface area contributed by atoms with E-state index in [0.717, 1.165) is 5.56 Å². The molecule has 3 rings (SSSR count). The van der Waals surface area contributed by atoms with Gasteiger partial charge in [0.05, 0.1) is 37.0 Å². The molecule has 0 aliphatic carbocycles. The van der Waals surface area contributed by atoms with E-state index in [1.165, 1.54) is 0 Å². The minimum Gasteiger partial charge on any atom is -0.465 e. The minimum absolute atomic E-state index is 0. The number of benzene rings is 1. The Balaban J connectivity index is 0.00000588. The maximum absolute atomic E-state index is 12.8. The molecule has 0 aliphatic heterocycles. The van der Waals surface area contributed by atoms with E-state index in [1.54, 1.807) is 50.3 Å². The van der Waals surface area contributed by atoms with Crippen LogP contribution in [0.4, 0.5) is 4.79 Å². The molecule has 0 fully saturated rings. The van der Waals surface area contributed by atoms with Crippen molar-refractivity contribution in [2.45, 2.75) is 66.3 Å². The molecule has 0 aliphatic rings.